The molecule has 5 rings (SSSR count). The molecule has 1 fully saturated rings. The lowest BCUT2D eigenvalue weighted by atomic mass is 10.1. The summed E-state index contributed by atoms with van der Waals surface area (Å²) in [6.07, 6.45) is 6.04. The van der Waals surface area contributed by atoms with Gasteiger partial charge in [-0.15, -0.1) is 10.2 Å². The van der Waals surface area contributed by atoms with Gasteiger partial charge in [-0.25, -0.2) is 12.8 Å². The minimum atomic E-state index is -3.86. The van der Waals surface area contributed by atoms with Gasteiger partial charge in [-0.1, -0.05) is 6.42 Å². The van der Waals surface area contributed by atoms with Gasteiger partial charge in [0, 0.05) is 30.8 Å². The highest BCUT2D eigenvalue weighted by atomic mass is 32.2. The van der Waals surface area contributed by atoms with E-state index >= 15 is 0 Å². The third-order valence-corrected chi connectivity index (χ3v) is 7.86. The number of halogens is 1. The zero-order chi connectivity index (χ0) is 23.7. The van der Waals surface area contributed by atoms with Crippen molar-refractivity contribution in [3.8, 4) is 0 Å². The first-order valence-corrected chi connectivity index (χ1v) is 13.0. The van der Waals surface area contributed by atoms with Crippen LogP contribution in [0.1, 0.15) is 60.2 Å². The average molecular weight is 484 g/mol. The molecule has 2 aromatic carbocycles. The number of benzene rings is 2. The van der Waals surface area contributed by atoms with Crippen molar-refractivity contribution in [1.82, 2.24) is 19.7 Å². The van der Waals surface area contributed by atoms with Crippen LogP contribution in [0.5, 0.6) is 0 Å². The molecule has 0 bridgehead atoms. The maximum atomic E-state index is 13.3. The number of nitrogens with zero attached hydrogens (tertiary/aromatic N) is 4. The van der Waals surface area contributed by atoms with Crippen LogP contribution in [0, 0.1) is 5.82 Å². The van der Waals surface area contributed by atoms with E-state index < -0.39 is 15.8 Å². The molecule has 34 heavy (non-hydrogen) atoms. The van der Waals surface area contributed by atoms with Crippen LogP contribution in [-0.2, 0) is 23.0 Å². The Morgan fingerprint density at radius 2 is 1.71 bits per heavy atom. The Kier molecular flexibility index (Phi) is 6.07. The van der Waals surface area contributed by atoms with E-state index in [4.69, 9.17) is 0 Å². The summed E-state index contributed by atoms with van der Waals surface area (Å²) < 4.78 is 42.8. The molecule has 0 aliphatic carbocycles. The van der Waals surface area contributed by atoms with Crippen LogP contribution in [0.4, 0.5) is 10.1 Å². The molecule has 3 aromatic rings. The van der Waals surface area contributed by atoms with Crippen molar-refractivity contribution in [3.63, 3.8) is 0 Å². The van der Waals surface area contributed by atoms with Crippen LogP contribution >= 0.6 is 0 Å². The number of carbonyl (C=O) groups excluding carboxylic acids is 1. The maximum Gasteiger partial charge on any atom is 0.261 e. The molecule has 1 unspecified atom stereocenters. The van der Waals surface area contributed by atoms with E-state index in [1.54, 1.807) is 24.3 Å². The van der Waals surface area contributed by atoms with E-state index in [2.05, 4.69) is 19.5 Å². The third-order valence-electron chi connectivity index (χ3n) is 6.46. The number of aryl methyl sites for hydroxylation is 1. The van der Waals surface area contributed by atoms with Crippen molar-refractivity contribution in [3.05, 3.63) is 71.6 Å². The van der Waals surface area contributed by atoms with Crippen molar-refractivity contribution < 1.29 is 17.6 Å². The fourth-order valence-electron chi connectivity index (χ4n) is 4.71. The highest BCUT2D eigenvalue weighted by molar-refractivity contribution is 7.92. The molecule has 1 N–H and O–H groups in total. The number of fused-ring (bicyclic) bond motifs is 1. The molecule has 2 aliphatic rings. The number of likely N-dealkylation sites (tertiary alicyclic amines) is 1. The van der Waals surface area contributed by atoms with Gasteiger partial charge in [0.2, 0.25) is 0 Å². The summed E-state index contributed by atoms with van der Waals surface area (Å²) in [6.45, 7) is 1.53. The average Bonchev–Trinajstić information content (AvgIpc) is 3.40. The second-order valence-electron chi connectivity index (χ2n) is 8.73. The van der Waals surface area contributed by atoms with Crippen LogP contribution in [0.25, 0.3) is 0 Å². The van der Waals surface area contributed by atoms with Crippen LogP contribution in [0.3, 0.4) is 0 Å². The van der Waals surface area contributed by atoms with Crippen molar-refractivity contribution >= 4 is 21.6 Å². The maximum absolute atomic E-state index is 13.3. The van der Waals surface area contributed by atoms with Crippen molar-refractivity contribution in [1.29, 1.82) is 0 Å². The molecule has 1 aromatic heterocycles. The minimum absolute atomic E-state index is 0.0404. The van der Waals surface area contributed by atoms with Gasteiger partial charge in [0.1, 0.15) is 11.6 Å². The molecular weight excluding hydrogens is 457 g/mol. The molecule has 3 heterocycles. The van der Waals surface area contributed by atoms with Crippen LogP contribution in [0.2, 0.25) is 0 Å². The lowest BCUT2D eigenvalue weighted by Crippen LogP contribution is -2.32. The van der Waals surface area contributed by atoms with E-state index in [1.807, 2.05) is 4.90 Å². The van der Waals surface area contributed by atoms with Gasteiger partial charge >= 0.3 is 0 Å². The Bertz CT molecular complexity index is 1290. The second-order valence-corrected chi connectivity index (χ2v) is 10.4. The number of hydrogen-bond donors (Lipinski definition) is 1. The van der Waals surface area contributed by atoms with Crippen LogP contribution < -0.4 is 4.72 Å². The Hall–Kier alpha value is -3.27. The summed E-state index contributed by atoms with van der Waals surface area (Å²) >= 11 is 0. The van der Waals surface area contributed by atoms with E-state index in [1.165, 1.54) is 18.6 Å². The Morgan fingerprint density at radius 1 is 0.941 bits per heavy atom. The van der Waals surface area contributed by atoms with Gasteiger partial charge < -0.3 is 9.47 Å². The van der Waals surface area contributed by atoms with Crippen molar-refractivity contribution in [2.45, 2.75) is 56.0 Å². The van der Waals surface area contributed by atoms with Crippen molar-refractivity contribution in [2.75, 3.05) is 11.3 Å². The van der Waals surface area contributed by atoms with Gasteiger partial charge in [0.05, 0.1) is 10.9 Å². The largest absolute Gasteiger partial charge is 0.328 e. The Balaban J connectivity index is 1.32. The quantitative estimate of drug-likeness (QED) is 0.593. The zero-order valence-corrected chi connectivity index (χ0v) is 19.5. The predicted molar refractivity (Wildman–Crippen MR) is 124 cm³/mol. The zero-order valence-electron chi connectivity index (χ0n) is 18.7. The number of rotatable bonds is 5. The number of anilines is 1. The summed E-state index contributed by atoms with van der Waals surface area (Å²) in [5.41, 5.74) is 0.800. The lowest BCUT2D eigenvalue weighted by molar-refractivity contribution is 0.0727. The summed E-state index contributed by atoms with van der Waals surface area (Å²) in [6, 6.07) is 10.8. The molecule has 2 aliphatic heterocycles. The Morgan fingerprint density at radius 3 is 2.47 bits per heavy atom. The van der Waals surface area contributed by atoms with Gasteiger partial charge in [-0.3, -0.25) is 9.52 Å². The molecule has 10 heteroatoms. The van der Waals surface area contributed by atoms with E-state index in [9.17, 15) is 17.6 Å². The fraction of sp³-hybridized carbons (Fsp3) is 0.375. The summed E-state index contributed by atoms with van der Waals surface area (Å²) in [4.78, 5) is 15.1. The number of amides is 1. The van der Waals surface area contributed by atoms with Gasteiger partial charge in [-0.2, -0.15) is 0 Å². The topological polar surface area (TPSA) is 97.2 Å². The molecule has 8 nitrogen and oxygen atoms in total. The smallest absolute Gasteiger partial charge is 0.261 e. The van der Waals surface area contributed by atoms with Crippen LogP contribution in [0.15, 0.2) is 53.4 Å². The normalized spacial score (nSPS) is 18.4. The number of carbonyl (C=O) groups is 1. The first-order chi connectivity index (χ1) is 16.4. The van der Waals surface area contributed by atoms with Gasteiger partial charge in [0.15, 0.2) is 5.82 Å². The fourth-order valence-corrected chi connectivity index (χ4v) is 5.77. The molecule has 1 saturated heterocycles. The molecule has 178 valence electrons. The number of hydrogen-bond acceptors (Lipinski definition) is 5. The monoisotopic (exact) mass is 483 g/mol. The number of aromatic nitrogens is 3. The summed E-state index contributed by atoms with van der Waals surface area (Å²) in [5, 5.41) is 8.85. The molecule has 0 radical (unpaired) electrons. The number of sulfonamides is 1. The standard InChI is InChI=1S/C24H26FN5O3S/c25-18-9-13-20(14-10-18)34(32,33)28-19-11-7-17(8-12-19)24(31)29-16-4-5-21(29)23-27-26-22-6-2-1-3-15-30(22)23/h7-14,21,28H,1-6,15-16H2. The molecule has 1 atom stereocenters. The van der Waals surface area contributed by atoms with E-state index in [0.717, 1.165) is 62.4 Å². The molecular formula is C24H26FN5O3S. The first kappa shape index (κ1) is 22.5. The highest BCUT2D eigenvalue weighted by Gasteiger charge is 2.35. The minimum Gasteiger partial charge on any atom is -0.328 e. The summed E-state index contributed by atoms with van der Waals surface area (Å²) in [5.74, 6) is 1.25. The third kappa shape index (κ3) is 4.42. The molecule has 0 spiro atoms. The SMILES string of the molecule is O=C(c1ccc(NS(=O)(=O)c2ccc(F)cc2)cc1)N1CCCC1c1nnc2n1CCCCC2. The first-order valence-electron chi connectivity index (χ1n) is 11.5. The van der Waals surface area contributed by atoms with Crippen molar-refractivity contribution in [2.24, 2.45) is 0 Å². The Labute approximate surface area is 197 Å². The van der Waals surface area contributed by atoms with Gasteiger partial charge in [-0.05, 0) is 74.2 Å². The molecule has 1 amide bonds. The number of nitrogens with one attached hydrogen (secondary N) is 1. The van der Waals surface area contributed by atoms with Gasteiger partial charge in [0.25, 0.3) is 15.9 Å². The van der Waals surface area contributed by atoms with E-state index in [-0.39, 0.29) is 16.8 Å². The summed E-state index contributed by atoms with van der Waals surface area (Å²) in [7, 11) is -3.86. The lowest BCUT2D eigenvalue weighted by Gasteiger charge is -2.25. The molecule has 0 saturated carbocycles. The highest BCUT2D eigenvalue weighted by Crippen LogP contribution is 2.33. The second kappa shape index (κ2) is 9.17. The predicted octanol–water partition coefficient (Wildman–Crippen LogP) is 3.92. The van der Waals surface area contributed by atoms with E-state index in [0.29, 0.717) is 17.8 Å². The van der Waals surface area contributed by atoms with Crippen LogP contribution in [-0.4, -0.2) is 40.5 Å².